The van der Waals surface area contributed by atoms with Crippen LogP contribution in [0.1, 0.15) is 30.8 Å². The van der Waals surface area contributed by atoms with E-state index in [1.54, 1.807) is 18.5 Å². The van der Waals surface area contributed by atoms with Crippen LogP contribution in [0.4, 0.5) is 13.2 Å². The monoisotopic (exact) mass is 331 g/mol. The van der Waals surface area contributed by atoms with E-state index in [-0.39, 0.29) is 11.9 Å². The van der Waals surface area contributed by atoms with Gasteiger partial charge >= 0.3 is 6.18 Å². The molecule has 1 aliphatic rings. The Hall–Kier alpha value is -1.25. The van der Waals surface area contributed by atoms with Crippen LogP contribution < -0.4 is 5.32 Å². The third-order valence-electron chi connectivity index (χ3n) is 4.12. The topological polar surface area (TPSA) is 58.0 Å². The van der Waals surface area contributed by atoms with Crippen LogP contribution in [0, 0.1) is 0 Å². The Kier molecular flexibility index (Phi) is 3.86. The van der Waals surface area contributed by atoms with Crippen LogP contribution in [-0.2, 0) is 12.0 Å². The fourth-order valence-electron chi connectivity index (χ4n) is 3.14. The summed E-state index contributed by atoms with van der Waals surface area (Å²) >= 11 is 1.26. The van der Waals surface area contributed by atoms with Crippen molar-refractivity contribution in [3.8, 4) is 0 Å². The van der Waals surface area contributed by atoms with Gasteiger partial charge in [-0.25, -0.2) is 9.97 Å². The molecule has 2 aromatic rings. The molecule has 0 saturated heterocycles. The van der Waals surface area contributed by atoms with Crippen molar-refractivity contribution in [3.05, 3.63) is 23.0 Å². The third-order valence-corrected chi connectivity index (χ3v) is 4.92. The van der Waals surface area contributed by atoms with Gasteiger partial charge in [-0.15, -0.1) is 11.3 Å². The normalized spacial score (nSPS) is 26.0. The first-order valence-corrected chi connectivity index (χ1v) is 7.92. The Balaban J connectivity index is 2.13. The molecular weight excluding hydrogens is 315 g/mol. The standard InChI is InChI=1S/C14H16F3N3OS/c1-18-9-3-2-5-13(9,21)11-8-4-6-22-12(8)20-10(19-11)7-14(15,16)17/h4,6,9,18,21H,2-3,5,7H2,1H3. The van der Waals surface area contributed by atoms with Gasteiger partial charge in [0.15, 0.2) is 0 Å². The van der Waals surface area contributed by atoms with Gasteiger partial charge in [0, 0.05) is 11.4 Å². The third kappa shape index (κ3) is 2.70. The molecule has 0 aromatic carbocycles. The van der Waals surface area contributed by atoms with Crippen molar-refractivity contribution >= 4 is 21.6 Å². The van der Waals surface area contributed by atoms with Crippen LogP contribution >= 0.6 is 11.3 Å². The fourth-order valence-corrected chi connectivity index (χ4v) is 3.93. The van der Waals surface area contributed by atoms with E-state index in [9.17, 15) is 18.3 Å². The summed E-state index contributed by atoms with van der Waals surface area (Å²) in [6.07, 6.45) is -3.52. The predicted molar refractivity (Wildman–Crippen MR) is 77.8 cm³/mol. The van der Waals surface area contributed by atoms with Crippen LogP contribution in [-0.4, -0.2) is 34.3 Å². The molecule has 2 N–H and O–H groups in total. The quantitative estimate of drug-likeness (QED) is 0.908. The Morgan fingerprint density at radius 1 is 1.45 bits per heavy atom. The smallest absolute Gasteiger partial charge is 0.382 e. The molecule has 2 atom stereocenters. The average molecular weight is 331 g/mol. The van der Waals surface area contributed by atoms with Crippen molar-refractivity contribution in [2.24, 2.45) is 0 Å². The van der Waals surface area contributed by atoms with Gasteiger partial charge in [0.25, 0.3) is 0 Å². The Bertz CT molecular complexity index is 688. The number of thiophene rings is 1. The van der Waals surface area contributed by atoms with Gasteiger partial charge in [-0.2, -0.15) is 13.2 Å². The van der Waals surface area contributed by atoms with E-state index in [2.05, 4.69) is 15.3 Å². The van der Waals surface area contributed by atoms with Gasteiger partial charge in [0.2, 0.25) is 0 Å². The van der Waals surface area contributed by atoms with Gasteiger partial charge in [-0.05, 0) is 37.8 Å². The first kappa shape index (κ1) is 15.6. The number of hydrogen-bond donors (Lipinski definition) is 2. The zero-order valence-electron chi connectivity index (χ0n) is 11.9. The fraction of sp³-hybridized carbons (Fsp3) is 0.571. The van der Waals surface area contributed by atoms with Crippen LogP contribution in [0.3, 0.4) is 0 Å². The molecule has 2 heterocycles. The molecule has 0 radical (unpaired) electrons. The molecule has 8 heteroatoms. The summed E-state index contributed by atoms with van der Waals surface area (Å²) < 4.78 is 38.0. The van der Waals surface area contributed by atoms with E-state index >= 15 is 0 Å². The molecule has 120 valence electrons. The van der Waals surface area contributed by atoms with Crippen LogP contribution in [0.5, 0.6) is 0 Å². The second kappa shape index (κ2) is 5.43. The van der Waals surface area contributed by atoms with Gasteiger partial charge < -0.3 is 10.4 Å². The molecule has 0 bridgehead atoms. The summed E-state index contributed by atoms with van der Waals surface area (Å²) in [5.74, 6) is -0.285. The number of alkyl halides is 3. The summed E-state index contributed by atoms with van der Waals surface area (Å²) in [5.41, 5.74) is -0.938. The van der Waals surface area contributed by atoms with Crippen molar-refractivity contribution in [1.82, 2.24) is 15.3 Å². The lowest BCUT2D eigenvalue weighted by Crippen LogP contribution is -2.43. The lowest BCUT2D eigenvalue weighted by atomic mass is 9.91. The lowest BCUT2D eigenvalue weighted by Gasteiger charge is -2.30. The van der Waals surface area contributed by atoms with Crippen molar-refractivity contribution in [2.75, 3.05) is 7.05 Å². The number of halogens is 3. The summed E-state index contributed by atoms with van der Waals surface area (Å²) in [6.45, 7) is 0. The molecule has 2 unspecified atom stereocenters. The first-order valence-electron chi connectivity index (χ1n) is 7.04. The molecule has 22 heavy (non-hydrogen) atoms. The maximum absolute atomic E-state index is 12.7. The molecular formula is C14H16F3N3OS. The van der Waals surface area contributed by atoms with Crippen LogP contribution in [0.2, 0.25) is 0 Å². The second-order valence-electron chi connectivity index (χ2n) is 5.58. The Labute approximate surface area is 129 Å². The zero-order valence-corrected chi connectivity index (χ0v) is 12.8. The number of aliphatic hydroxyl groups is 1. The van der Waals surface area contributed by atoms with Gasteiger partial charge in [-0.1, -0.05) is 0 Å². The SMILES string of the molecule is CNC1CCCC1(O)c1nc(CC(F)(F)F)nc2sccc12. The van der Waals surface area contributed by atoms with Gasteiger partial charge in [0.05, 0.1) is 5.69 Å². The van der Waals surface area contributed by atoms with Gasteiger partial charge in [-0.3, -0.25) is 0 Å². The number of nitrogens with zero attached hydrogens (tertiary/aromatic N) is 2. The molecule has 4 nitrogen and oxygen atoms in total. The molecule has 1 saturated carbocycles. The Morgan fingerprint density at radius 3 is 2.91 bits per heavy atom. The van der Waals surface area contributed by atoms with Crippen LogP contribution in [0.15, 0.2) is 11.4 Å². The molecule has 2 aromatic heterocycles. The first-order chi connectivity index (χ1) is 10.3. The highest BCUT2D eigenvalue weighted by atomic mass is 32.1. The molecule has 1 fully saturated rings. The highest BCUT2D eigenvalue weighted by molar-refractivity contribution is 7.16. The minimum Gasteiger partial charge on any atom is -0.382 e. The maximum atomic E-state index is 12.7. The number of rotatable bonds is 3. The second-order valence-corrected chi connectivity index (χ2v) is 6.47. The van der Waals surface area contributed by atoms with E-state index < -0.39 is 18.2 Å². The summed E-state index contributed by atoms with van der Waals surface area (Å²) in [4.78, 5) is 8.57. The highest BCUT2D eigenvalue weighted by Crippen LogP contribution is 2.41. The van der Waals surface area contributed by atoms with E-state index in [0.717, 1.165) is 12.8 Å². The summed E-state index contributed by atoms with van der Waals surface area (Å²) in [5, 5.41) is 16.5. The summed E-state index contributed by atoms with van der Waals surface area (Å²) in [6, 6.07) is 1.54. The number of likely N-dealkylation sites (N-methyl/N-ethyl adjacent to an activating group) is 1. The molecule has 3 rings (SSSR count). The van der Waals surface area contributed by atoms with E-state index in [1.165, 1.54) is 11.3 Å². The maximum Gasteiger partial charge on any atom is 0.396 e. The summed E-state index contributed by atoms with van der Waals surface area (Å²) in [7, 11) is 1.74. The molecule has 1 aliphatic carbocycles. The number of hydrogen-bond acceptors (Lipinski definition) is 5. The van der Waals surface area contributed by atoms with Crippen molar-refractivity contribution in [2.45, 2.75) is 43.5 Å². The van der Waals surface area contributed by atoms with Crippen molar-refractivity contribution in [3.63, 3.8) is 0 Å². The highest BCUT2D eigenvalue weighted by Gasteiger charge is 2.45. The minimum absolute atomic E-state index is 0.218. The number of aromatic nitrogens is 2. The molecule has 0 amide bonds. The zero-order chi connectivity index (χ0) is 16.0. The van der Waals surface area contributed by atoms with E-state index in [4.69, 9.17) is 0 Å². The van der Waals surface area contributed by atoms with Gasteiger partial charge in [0.1, 0.15) is 22.7 Å². The Morgan fingerprint density at radius 2 is 2.23 bits per heavy atom. The van der Waals surface area contributed by atoms with E-state index in [0.29, 0.717) is 22.3 Å². The minimum atomic E-state index is -4.37. The number of nitrogens with one attached hydrogen (secondary N) is 1. The molecule has 0 spiro atoms. The lowest BCUT2D eigenvalue weighted by molar-refractivity contribution is -0.128. The van der Waals surface area contributed by atoms with Crippen molar-refractivity contribution < 1.29 is 18.3 Å². The average Bonchev–Trinajstić information content (AvgIpc) is 3.02. The van der Waals surface area contributed by atoms with E-state index in [1.807, 2.05) is 0 Å². The largest absolute Gasteiger partial charge is 0.396 e. The van der Waals surface area contributed by atoms with Crippen LogP contribution in [0.25, 0.3) is 10.2 Å². The predicted octanol–water partition coefficient (Wildman–Crippen LogP) is 2.76. The number of fused-ring (bicyclic) bond motifs is 1. The molecule has 0 aliphatic heterocycles. The van der Waals surface area contributed by atoms with Crippen molar-refractivity contribution in [1.29, 1.82) is 0 Å².